The molecule has 0 radical (unpaired) electrons. The molecule has 21 heavy (non-hydrogen) atoms. The van der Waals surface area contributed by atoms with Gasteiger partial charge in [-0.25, -0.2) is 9.18 Å². The van der Waals surface area contributed by atoms with E-state index < -0.39 is 36.1 Å². The molecule has 1 rings (SSSR count). The lowest BCUT2D eigenvalue weighted by Gasteiger charge is -2.12. The van der Waals surface area contributed by atoms with E-state index in [-0.39, 0.29) is 18.8 Å². The van der Waals surface area contributed by atoms with Gasteiger partial charge in [0.25, 0.3) is 0 Å². The Morgan fingerprint density at radius 2 is 2.00 bits per heavy atom. The minimum Gasteiger partial charge on any atom is -0.493 e. The molecule has 0 aliphatic rings. The molecule has 0 saturated carbocycles. The fraction of sp³-hybridized carbons (Fsp3) is 0.308. The van der Waals surface area contributed by atoms with Crippen LogP contribution in [0.3, 0.4) is 0 Å². The van der Waals surface area contributed by atoms with E-state index in [0.29, 0.717) is 0 Å². The van der Waals surface area contributed by atoms with Gasteiger partial charge in [0.2, 0.25) is 5.91 Å². The van der Waals surface area contributed by atoms with E-state index in [1.165, 1.54) is 18.2 Å². The predicted molar refractivity (Wildman–Crippen MR) is 68.3 cm³/mol. The Morgan fingerprint density at radius 3 is 2.57 bits per heavy atom. The van der Waals surface area contributed by atoms with Crippen LogP contribution < -0.4 is 10.1 Å². The summed E-state index contributed by atoms with van der Waals surface area (Å²) in [6, 6.07) is 3.83. The van der Waals surface area contributed by atoms with E-state index in [2.05, 4.69) is 5.32 Å². The molecular weight excluding hydrogens is 285 g/mol. The van der Waals surface area contributed by atoms with Crippen LogP contribution in [-0.2, 0) is 14.4 Å². The third-order valence-corrected chi connectivity index (χ3v) is 2.41. The zero-order valence-corrected chi connectivity index (χ0v) is 10.9. The molecule has 0 aromatic heterocycles. The number of carbonyl (C=O) groups excluding carboxylic acids is 1. The summed E-state index contributed by atoms with van der Waals surface area (Å²) >= 11 is 0. The number of nitrogens with one attached hydrogen (secondary N) is 1. The molecule has 0 unspecified atom stereocenters. The van der Waals surface area contributed by atoms with Gasteiger partial charge in [-0.2, -0.15) is 0 Å². The van der Waals surface area contributed by atoms with Crippen LogP contribution in [0.4, 0.5) is 4.39 Å². The van der Waals surface area contributed by atoms with Crippen LogP contribution in [0.2, 0.25) is 0 Å². The molecule has 1 amide bonds. The summed E-state index contributed by atoms with van der Waals surface area (Å²) in [4.78, 5) is 32.7. The van der Waals surface area contributed by atoms with Crippen molar-refractivity contribution in [1.82, 2.24) is 5.32 Å². The van der Waals surface area contributed by atoms with Crippen molar-refractivity contribution < 1.29 is 33.7 Å². The number of carbonyl (C=O) groups is 3. The van der Waals surface area contributed by atoms with Crippen LogP contribution in [0.1, 0.15) is 12.8 Å². The highest BCUT2D eigenvalue weighted by atomic mass is 19.1. The molecule has 8 heteroatoms. The normalized spacial score (nSPS) is 11.5. The fourth-order valence-corrected chi connectivity index (χ4v) is 1.46. The molecule has 0 bridgehead atoms. The van der Waals surface area contributed by atoms with Crippen molar-refractivity contribution in [2.45, 2.75) is 18.9 Å². The van der Waals surface area contributed by atoms with Crippen LogP contribution in [0.5, 0.6) is 5.75 Å². The molecule has 0 fully saturated rings. The summed E-state index contributed by atoms with van der Waals surface area (Å²) in [5.74, 6) is -3.68. The molecule has 114 valence electrons. The first kappa shape index (κ1) is 16.4. The number of benzene rings is 1. The molecule has 1 aromatic rings. The average Bonchev–Trinajstić information content (AvgIpc) is 2.37. The number of rotatable bonds is 8. The van der Waals surface area contributed by atoms with Gasteiger partial charge in [0.1, 0.15) is 17.6 Å². The van der Waals surface area contributed by atoms with Crippen molar-refractivity contribution in [2.24, 2.45) is 0 Å². The second-order valence-corrected chi connectivity index (χ2v) is 4.11. The van der Waals surface area contributed by atoms with Crippen molar-refractivity contribution >= 4 is 17.8 Å². The van der Waals surface area contributed by atoms with Gasteiger partial charge in [-0.05, 0) is 12.1 Å². The van der Waals surface area contributed by atoms with Crippen molar-refractivity contribution in [2.75, 3.05) is 6.61 Å². The molecule has 1 aromatic carbocycles. The van der Waals surface area contributed by atoms with Crippen LogP contribution in [0.15, 0.2) is 24.3 Å². The summed E-state index contributed by atoms with van der Waals surface area (Å²) in [6.07, 6.45) is -0.897. The number of carboxylic acid groups (broad SMARTS) is 2. The number of hydrogen-bond acceptors (Lipinski definition) is 4. The zero-order chi connectivity index (χ0) is 15.8. The van der Waals surface area contributed by atoms with Crippen molar-refractivity contribution in [3.8, 4) is 5.75 Å². The lowest BCUT2D eigenvalue weighted by molar-refractivity contribution is -0.147. The Labute approximate surface area is 119 Å². The highest BCUT2D eigenvalue weighted by molar-refractivity contribution is 5.86. The molecule has 1 atom stereocenters. The van der Waals surface area contributed by atoms with Crippen LogP contribution in [-0.4, -0.2) is 40.7 Å². The van der Waals surface area contributed by atoms with Gasteiger partial charge in [0.05, 0.1) is 19.4 Å². The quantitative estimate of drug-likeness (QED) is 0.649. The lowest BCUT2D eigenvalue weighted by Crippen LogP contribution is -2.42. The largest absolute Gasteiger partial charge is 0.493 e. The van der Waals surface area contributed by atoms with Crippen molar-refractivity contribution in [3.05, 3.63) is 30.1 Å². The summed E-state index contributed by atoms with van der Waals surface area (Å²) in [5.41, 5.74) is 0. The molecule has 0 aliphatic carbocycles. The number of halogens is 1. The Kier molecular flexibility index (Phi) is 6.12. The first-order valence-corrected chi connectivity index (χ1v) is 6.01. The molecule has 0 heterocycles. The number of ether oxygens (including phenoxy) is 1. The molecule has 0 spiro atoms. The second-order valence-electron chi connectivity index (χ2n) is 4.11. The van der Waals surface area contributed by atoms with Gasteiger partial charge in [0.15, 0.2) is 0 Å². The van der Waals surface area contributed by atoms with E-state index in [1.54, 1.807) is 0 Å². The van der Waals surface area contributed by atoms with Gasteiger partial charge < -0.3 is 20.3 Å². The molecular formula is C13H14FNO6. The fourth-order valence-electron chi connectivity index (χ4n) is 1.46. The van der Waals surface area contributed by atoms with Crippen molar-refractivity contribution in [1.29, 1.82) is 0 Å². The Hall–Kier alpha value is -2.64. The number of hydrogen-bond donors (Lipinski definition) is 3. The molecule has 0 saturated heterocycles. The second kappa shape index (κ2) is 7.83. The Bertz CT molecular complexity index is 533. The SMILES string of the molecule is O=C(O)C[C@@H](NC(=O)CCOc1cccc(F)c1)C(=O)O. The standard InChI is InChI=1S/C13H14FNO6/c14-8-2-1-3-9(6-8)21-5-4-11(16)15-10(13(19)20)7-12(17)18/h1-3,6,10H,4-5,7H2,(H,15,16)(H,17,18)(H,19,20)/t10-/m1/s1. The maximum absolute atomic E-state index is 12.9. The van der Waals surface area contributed by atoms with Crippen molar-refractivity contribution in [3.63, 3.8) is 0 Å². The Balaban J connectivity index is 2.39. The van der Waals surface area contributed by atoms with Crippen LogP contribution >= 0.6 is 0 Å². The van der Waals surface area contributed by atoms with Crippen LogP contribution in [0.25, 0.3) is 0 Å². The molecule has 7 nitrogen and oxygen atoms in total. The molecule has 3 N–H and O–H groups in total. The number of carboxylic acids is 2. The summed E-state index contributed by atoms with van der Waals surface area (Å²) in [5, 5.41) is 19.3. The summed E-state index contributed by atoms with van der Waals surface area (Å²) in [7, 11) is 0. The first-order valence-electron chi connectivity index (χ1n) is 6.01. The zero-order valence-electron chi connectivity index (χ0n) is 10.9. The number of aliphatic carboxylic acids is 2. The van der Waals surface area contributed by atoms with E-state index in [4.69, 9.17) is 14.9 Å². The summed E-state index contributed by atoms with van der Waals surface area (Å²) < 4.78 is 18.0. The van der Waals surface area contributed by atoms with Gasteiger partial charge >= 0.3 is 11.9 Å². The third kappa shape index (κ3) is 6.37. The highest BCUT2D eigenvalue weighted by Crippen LogP contribution is 2.11. The van der Waals surface area contributed by atoms with Gasteiger partial charge in [0, 0.05) is 6.07 Å². The topological polar surface area (TPSA) is 113 Å². The minimum atomic E-state index is -1.50. The Morgan fingerprint density at radius 1 is 1.29 bits per heavy atom. The van der Waals surface area contributed by atoms with Gasteiger partial charge in [-0.3, -0.25) is 9.59 Å². The van der Waals surface area contributed by atoms with Crippen LogP contribution in [0, 0.1) is 5.82 Å². The van der Waals surface area contributed by atoms with E-state index in [0.717, 1.165) is 6.07 Å². The highest BCUT2D eigenvalue weighted by Gasteiger charge is 2.22. The van der Waals surface area contributed by atoms with Gasteiger partial charge in [-0.15, -0.1) is 0 Å². The number of amides is 1. The van der Waals surface area contributed by atoms with E-state index in [1.807, 2.05) is 0 Å². The predicted octanol–water partition coefficient (Wildman–Crippen LogP) is 0.639. The average molecular weight is 299 g/mol. The van der Waals surface area contributed by atoms with E-state index in [9.17, 15) is 18.8 Å². The monoisotopic (exact) mass is 299 g/mol. The maximum Gasteiger partial charge on any atom is 0.326 e. The smallest absolute Gasteiger partial charge is 0.326 e. The van der Waals surface area contributed by atoms with E-state index >= 15 is 0 Å². The third-order valence-electron chi connectivity index (χ3n) is 2.41. The lowest BCUT2D eigenvalue weighted by atomic mass is 10.2. The summed E-state index contributed by atoms with van der Waals surface area (Å²) in [6.45, 7) is -0.0886. The molecule has 0 aliphatic heterocycles. The maximum atomic E-state index is 12.9. The van der Waals surface area contributed by atoms with Gasteiger partial charge in [-0.1, -0.05) is 6.07 Å². The minimum absolute atomic E-state index is 0.0886. The first-order chi connectivity index (χ1) is 9.88.